The van der Waals surface area contributed by atoms with Gasteiger partial charge in [0.05, 0.1) is 24.9 Å². The second-order valence-electron chi connectivity index (χ2n) is 6.07. The molecular weight excluding hydrogens is 389 g/mol. The molecule has 1 heterocycles. The van der Waals surface area contributed by atoms with Crippen molar-refractivity contribution in [2.75, 3.05) is 50.6 Å². The Labute approximate surface area is 168 Å². The van der Waals surface area contributed by atoms with Crippen LogP contribution < -0.4 is 19.7 Å². The van der Waals surface area contributed by atoms with Crippen molar-refractivity contribution in [1.82, 2.24) is 4.90 Å². The first-order valence-electron chi connectivity index (χ1n) is 8.50. The lowest BCUT2D eigenvalue weighted by molar-refractivity contribution is 0.208. The molecule has 2 amide bonds. The maximum absolute atomic E-state index is 12.6. The third kappa shape index (κ3) is 4.51. The van der Waals surface area contributed by atoms with Gasteiger partial charge < -0.3 is 24.6 Å². The zero-order valence-electron chi connectivity index (χ0n) is 15.2. The summed E-state index contributed by atoms with van der Waals surface area (Å²) in [5.74, 6) is 0.976. The van der Waals surface area contributed by atoms with Crippen LogP contribution in [-0.2, 0) is 0 Å². The van der Waals surface area contributed by atoms with Gasteiger partial charge in [0.1, 0.15) is 11.5 Å². The van der Waals surface area contributed by atoms with Crippen LogP contribution in [-0.4, -0.2) is 51.3 Å². The van der Waals surface area contributed by atoms with E-state index in [4.69, 9.17) is 32.7 Å². The number of hydrogen-bond acceptors (Lipinski definition) is 4. The number of benzene rings is 2. The van der Waals surface area contributed by atoms with Gasteiger partial charge in [0.2, 0.25) is 0 Å². The first-order chi connectivity index (χ1) is 13.0. The smallest absolute Gasteiger partial charge is 0.322 e. The predicted octanol–water partition coefficient (Wildman–Crippen LogP) is 4.36. The maximum Gasteiger partial charge on any atom is 0.322 e. The van der Waals surface area contributed by atoms with E-state index in [9.17, 15) is 4.79 Å². The molecule has 1 fully saturated rings. The molecule has 0 unspecified atom stereocenters. The van der Waals surface area contributed by atoms with Crippen LogP contribution in [0.4, 0.5) is 16.2 Å². The van der Waals surface area contributed by atoms with Crippen molar-refractivity contribution < 1.29 is 14.3 Å². The van der Waals surface area contributed by atoms with Gasteiger partial charge in [-0.05, 0) is 24.3 Å². The average molecular weight is 410 g/mol. The van der Waals surface area contributed by atoms with Gasteiger partial charge in [0.25, 0.3) is 0 Å². The Balaban J connectivity index is 1.64. The Hall–Kier alpha value is -2.31. The number of nitrogens with one attached hydrogen (secondary N) is 1. The Bertz CT molecular complexity index is 824. The fourth-order valence-corrected chi connectivity index (χ4v) is 3.42. The van der Waals surface area contributed by atoms with Crippen LogP contribution in [0.15, 0.2) is 36.4 Å². The molecule has 6 nitrogen and oxygen atoms in total. The summed E-state index contributed by atoms with van der Waals surface area (Å²) in [5, 5.41) is 3.98. The number of urea groups is 1. The summed E-state index contributed by atoms with van der Waals surface area (Å²) >= 11 is 12.2. The highest BCUT2D eigenvalue weighted by molar-refractivity contribution is 6.32. The highest BCUT2D eigenvalue weighted by Crippen LogP contribution is 2.36. The van der Waals surface area contributed by atoms with Crippen LogP contribution in [0, 0.1) is 0 Å². The Morgan fingerprint density at radius 2 is 1.70 bits per heavy atom. The van der Waals surface area contributed by atoms with Gasteiger partial charge in [-0.1, -0.05) is 29.3 Å². The molecule has 1 N–H and O–H groups in total. The molecule has 3 rings (SSSR count). The van der Waals surface area contributed by atoms with E-state index in [1.54, 1.807) is 17.0 Å². The summed E-state index contributed by atoms with van der Waals surface area (Å²) in [6, 6.07) is 10.8. The number of amides is 2. The molecule has 2 aromatic rings. The Kier molecular flexibility index (Phi) is 6.19. The first kappa shape index (κ1) is 19.5. The summed E-state index contributed by atoms with van der Waals surface area (Å²) in [6.07, 6.45) is 0. The van der Waals surface area contributed by atoms with Crippen LogP contribution in [0.5, 0.6) is 11.5 Å². The molecule has 1 saturated heterocycles. The minimum Gasteiger partial charge on any atom is -0.495 e. The number of rotatable bonds is 4. The van der Waals surface area contributed by atoms with Crippen molar-refractivity contribution in [2.24, 2.45) is 0 Å². The third-order valence-electron chi connectivity index (χ3n) is 4.46. The summed E-state index contributed by atoms with van der Waals surface area (Å²) in [5.41, 5.74) is 1.57. The lowest BCUT2D eigenvalue weighted by Crippen LogP contribution is -2.50. The van der Waals surface area contributed by atoms with Crippen LogP contribution in [0.3, 0.4) is 0 Å². The van der Waals surface area contributed by atoms with E-state index in [1.165, 1.54) is 14.2 Å². The SMILES string of the molecule is COc1cc(OC)c(NC(=O)N2CCN(c3cccc(Cl)c3)CC2)cc1Cl. The van der Waals surface area contributed by atoms with Gasteiger partial charge in [0.15, 0.2) is 0 Å². The fourth-order valence-electron chi connectivity index (χ4n) is 2.99. The van der Waals surface area contributed by atoms with E-state index < -0.39 is 0 Å². The van der Waals surface area contributed by atoms with Crippen molar-refractivity contribution in [3.05, 3.63) is 46.4 Å². The number of hydrogen-bond donors (Lipinski definition) is 1. The number of anilines is 2. The van der Waals surface area contributed by atoms with Crippen molar-refractivity contribution in [3.63, 3.8) is 0 Å². The molecule has 8 heteroatoms. The molecule has 1 aliphatic rings. The summed E-state index contributed by atoms with van der Waals surface area (Å²) in [7, 11) is 3.06. The lowest BCUT2D eigenvalue weighted by Gasteiger charge is -2.36. The monoisotopic (exact) mass is 409 g/mol. The highest BCUT2D eigenvalue weighted by atomic mass is 35.5. The highest BCUT2D eigenvalue weighted by Gasteiger charge is 2.22. The van der Waals surface area contributed by atoms with E-state index in [0.717, 1.165) is 18.8 Å². The summed E-state index contributed by atoms with van der Waals surface area (Å²) in [6.45, 7) is 2.66. The molecule has 0 spiro atoms. The van der Waals surface area contributed by atoms with Crippen molar-refractivity contribution in [2.45, 2.75) is 0 Å². The Morgan fingerprint density at radius 3 is 2.33 bits per heavy atom. The predicted molar refractivity (Wildman–Crippen MR) is 109 cm³/mol. The largest absolute Gasteiger partial charge is 0.495 e. The number of ether oxygens (including phenoxy) is 2. The molecule has 1 aliphatic heterocycles. The number of nitrogens with zero attached hydrogens (tertiary/aromatic N) is 2. The second kappa shape index (κ2) is 8.59. The van der Waals surface area contributed by atoms with Gasteiger partial charge in [-0.25, -0.2) is 4.79 Å². The zero-order valence-corrected chi connectivity index (χ0v) is 16.7. The van der Waals surface area contributed by atoms with Crippen molar-refractivity contribution in [1.29, 1.82) is 0 Å². The molecule has 0 saturated carbocycles. The van der Waals surface area contributed by atoms with E-state index in [2.05, 4.69) is 10.2 Å². The van der Waals surface area contributed by atoms with Crippen LogP contribution in [0.25, 0.3) is 0 Å². The minimum atomic E-state index is -0.194. The van der Waals surface area contributed by atoms with E-state index in [1.807, 2.05) is 24.3 Å². The molecule has 144 valence electrons. The number of halogens is 2. The van der Waals surface area contributed by atoms with Crippen LogP contribution >= 0.6 is 23.2 Å². The molecule has 0 bridgehead atoms. The lowest BCUT2D eigenvalue weighted by atomic mass is 10.2. The zero-order chi connectivity index (χ0) is 19.4. The van der Waals surface area contributed by atoms with Crippen molar-refractivity contribution >= 4 is 40.6 Å². The number of piperazine rings is 1. The molecule has 0 aliphatic carbocycles. The second-order valence-corrected chi connectivity index (χ2v) is 6.91. The quantitative estimate of drug-likeness (QED) is 0.814. The van der Waals surface area contributed by atoms with Crippen molar-refractivity contribution in [3.8, 4) is 11.5 Å². The van der Waals surface area contributed by atoms with Crippen LogP contribution in [0.1, 0.15) is 0 Å². The molecule has 0 radical (unpaired) electrons. The average Bonchev–Trinajstić information content (AvgIpc) is 2.68. The molecule has 27 heavy (non-hydrogen) atoms. The normalized spacial score (nSPS) is 14.1. The topological polar surface area (TPSA) is 54.0 Å². The van der Waals surface area contributed by atoms with Gasteiger partial charge in [-0.15, -0.1) is 0 Å². The van der Waals surface area contributed by atoms with E-state index in [0.29, 0.717) is 40.3 Å². The number of methoxy groups -OCH3 is 2. The van der Waals surface area contributed by atoms with Gasteiger partial charge >= 0.3 is 6.03 Å². The van der Waals surface area contributed by atoms with Gasteiger partial charge in [-0.3, -0.25) is 0 Å². The summed E-state index contributed by atoms with van der Waals surface area (Å²) < 4.78 is 10.5. The van der Waals surface area contributed by atoms with Gasteiger partial charge in [-0.2, -0.15) is 0 Å². The Morgan fingerprint density at radius 1 is 1.00 bits per heavy atom. The standard InChI is InChI=1S/C19H21Cl2N3O3/c1-26-17-12-18(27-2)16(11-15(17)21)22-19(25)24-8-6-23(7-9-24)14-5-3-4-13(20)10-14/h3-5,10-12H,6-9H2,1-2H3,(H,22,25). The molecule has 0 aromatic heterocycles. The minimum absolute atomic E-state index is 0.194. The molecular formula is C19H21Cl2N3O3. The van der Waals surface area contributed by atoms with E-state index in [-0.39, 0.29) is 6.03 Å². The van der Waals surface area contributed by atoms with Gasteiger partial charge in [0, 0.05) is 43.0 Å². The number of carbonyl (C=O) groups excluding carboxylic acids is 1. The first-order valence-corrected chi connectivity index (χ1v) is 9.25. The third-order valence-corrected chi connectivity index (χ3v) is 4.99. The maximum atomic E-state index is 12.6. The molecule has 2 aromatic carbocycles. The van der Waals surface area contributed by atoms with Crippen LogP contribution in [0.2, 0.25) is 10.0 Å². The number of carbonyl (C=O) groups is 1. The fraction of sp³-hybridized carbons (Fsp3) is 0.316. The van der Waals surface area contributed by atoms with E-state index >= 15 is 0 Å². The summed E-state index contributed by atoms with van der Waals surface area (Å²) in [4.78, 5) is 16.6. The molecule has 0 atom stereocenters.